The van der Waals surface area contributed by atoms with Crippen LogP contribution in [0.4, 0.5) is 13.6 Å². The van der Waals surface area contributed by atoms with Gasteiger partial charge in [0.1, 0.15) is 22.1 Å². The molecule has 1 aliphatic carbocycles. The largest absolute Gasteiger partial charge is 0.444 e. The highest BCUT2D eigenvalue weighted by atomic mass is 35.5. The molecule has 1 fully saturated rings. The maximum absolute atomic E-state index is 14.6. The minimum Gasteiger partial charge on any atom is -0.444 e. The number of rotatable bonds is 6. The second kappa shape index (κ2) is 12.4. The number of benzene rings is 2. The number of hydrogen-bond donors (Lipinski definition) is 1. The highest BCUT2D eigenvalue weighted by Crippen LogP contribution is 2.40. The van der Waals surface area contributed by atoms with Crippen LogP contribution in [0.2, 0.25) is 5.02 Å². The zero-order chi connectivity index (χ0) is 30.0. The average molecular weight is 612 g/mol. The molecule has 1 aliphatic rings. The number of halogens is 3. The van der Waals surface area contributed by atoms with Crippen molar-refractivity contribution in [1.29, 1.82) is 0 Å². The normalized spacial score (nSPS) is 17.2. The number of pyridine rings is 1. The topological polar surface area (TPSA) is 71.5 Å². The Morgan fingerprint density at radius 2 is 1.71 bits per heavy atom. The Kier molecular flexibility index (Phi) is 8.80. The van der Waals surface area contributed by atoms with Gasteiger partial charge in [0.15, 0.2) is 0 Å². The zero-order valence-electron chi connectivity index (χ0n) is 23.6. The first-order valence-corrected chi connectivity index (χ1v) is 15.1. The van der Waals surface area contributed by atoms with Crippen LogP contribution in [0.3, 0.4) is 0 Å². The Hall–Kier alpha value is -3.56. The van der Waals surface area contributed by atoms with Crippen molar-refractivity contribution in [2.75, 3.05) is 0 Å². The number of amides is 2. The molecule has 0 atom stereocenters. The molecular formula is C32H32ClF2N3O3S. The maximum atomic E-state index is 14.6. The lowest BCUT2D eigenvalue weighted by Crippen LogP contribution is -2.46. The molecule has 1 N–H and O–H groups in total. The number of thiophene rings is 1. The predicted molar refractivity (Wildman–Crippen MR) is 162 cm³/mol. The lowest BCUT2D eigenvalue weighted by molar-refractivity contribution is 0.0454. The third-order valence-corrected chi connectivity index (χ3v) is 8.96. The fourth-order valence-corrected chi connectivity index (χ4v) is 6.83. The summed E-state index contributed by atoms with van der Waals surface area (Å²) in [6, 6.07) is 13.5. The Balaban J connectivity index is 1.42. The van der Waals surface area contributed by atoms with Crippen LogP contribution >= 0.6 is 22.9 Å². The summed E-state index contributed by atoms with van der Waals surface area (Å²) >= 11 is 7.41. The van der Waals surface area contributed by atoms with Crippen molar-refractivity contribution < 1.29 is 23.1 Å². The van der Waals surface area contributed by atoms with Gasteiger partial charge in [0.2, 0.25) is 0 Å². The van der Waals surface area contributed by atoms with Gasteiger partial charge >= 0.3 is 6.09 Å². The van der Waals surface area contributed by atoms with E-state index in [2.05, 4.69) is 10.3 Å². The number of aromatic nitrogens is 1. The molecule has 6 nitrogen and oxygen atoms in total. The van der Waals surface area contributed by atoms with Crippen LogP contribution < -0.4 is 5.32 Å². The predicted octanol–water partition coefficient (Wildman–Crippen LogP) is 8.37. The van der Waals surface area contributed by atoms with Crippen molar-refractivity contribution >= 4 is 45.0 Å². The van der Waals surface area contributed by atoms with E-state index in [0.717, 1.165) is 40.2 Å². The molecule has 0 spiro atoms. The van der Waals surface area contributed by atoms with Gasteiger partial charge < -0.3 is 15.0 Å². The fourth-order valence-electron chi connectivity index (χ4n) is 5.33. The third kappa shape index (κ3) is 6.73. The number of nitrogens with zero attached hydrogens (tertiary/aromatic N) is 2. The van der Waals surface area contributed by atoms with Gasteiger partial charge in [-0.25, -0.2) is 13.6 Å². The quantitative estimate of drug-likeness (QED) is 0.238. The first-order chi connectivity index (χ1) is 20.0. The number of fused-ring (bicyclic) bond motifs is 1. The van der Waals surface area contributed by atoms with Crippen LogP contribution in [0.25, 0.3) is 21.2 Å². The number of carbonyl (C=O) groups excluding carboxylic acids is 2. The standard InChI is InChI=1S/C32H32ClF2N3O3S/c1-32(2,3)41-31(40)37-22-7-9-23(10-8-22)38(18-19-5-4-6-21(17-19)20-13-15-36-16-14-20)30(39)29-27(33)26-24(34)11-12-25(35)28(26)42-29/h4-6,11-17,22-23H,7-10,18H2,1-3H3,(H,37,40)/t22-,23+. The van der Waals surface area contributed by atoms with E-state index in [1.165, 1.54) is 0 Å². The number of carbonyl (C=O) groups is 2. The molecule has 0 saturated heterocycles. The molecule has 2 aromatic carbocycles. The molecule has 220 valence electrons. The van der Waals surface area contributed by atoms with Gasteiger partial charge in [-0.1, -0.05) is 29.8 Å². The third-order valence-electron chi connectivity index (χ3n) is 7.29. The van der Waals surface area contributed by atoms with Gasteiger partial charge in [-0.3, -0.25) is 9.78 Å². The maximum Gasteiger partial charge on any atom is 0.407 e. The molecule has 2 amide bonds. The van der Waals surface area contributed by atoms with E-state index in [1.807, 2.05) is 57.2 Å². The second-order valence-electron chi connectivity index (χ2n) is 11.5. The van der Waals surface area contributed by atoms with Crippen molar-refractivity contribution in [3.05, 3.63) is 88.0 Å². The summed E-state index contributed by atoms with van der Waals surface area (Å²) in [4.78, 5) is 32.4. The lowest BCUT2D eigenvalue weighted by atomic mass is 9.89. The SMILES string of the molecule is CC(C)(C)OC(=O)N[C@H]1CC[C@@H](N(Cc2cccc(-c3ccncc3)c2)C(=O)c2sc3c(F)ccc(F)c3c2Cl)CC1. The molecule has 0 unspecified atom stereocenters. The van der Waals surface area contributed by atoms with Crippen molar-refractivity contribution in [2.45, 2.75) is 70.7 Å². The van der Waals surface area contributed by atoms with Crippen LogP contribution in [0.5, 0.6) is 0 Å². The summed E-state index contributed by atoms with van der Waals surface area (Å²) in [5.74, 6) is -1.67. The van der Waals surface area contributed by atoms with Crippen LogP contribution in [0.1, 0.15) is 61.7 Å². The molecule has 10 heteroatoms. The molecule has 2 aromatic heterocycles. The van der Waals surface area contributed by atoms with E-state index in [1.54, 1.807) is 17.3 Å². The number of nitrogens with one attached hydrogen (secondary N) is 1. The van der Waals surface area contributed by atoms with Crippen molar-refractivity contribution in [3.63, 3.8) is 0 Å². The van der Waals surface area contributed by atoms with Crippen LogP contribution in [-0.4, -0.2) is 39.6 Å². The van der Waals surface area contributed by atoms with Crippen LogP contribution in [0, 0.1) is 11.6 Å². The first-order valence-electron chi connectivity index (χ1n) is 13.9. The van der Waals surface area contributed by atoms with E-state index in [9.17, 15) is 18.4 Å². The molecule has 0 radical (unpaired) electrons. The van der Waals surface area contributed by atoms with Crippen molar-refractivity contribution in [1.82, 2.24) is 15.2 Å². The summed E-state index contributed by atoms with van der Waals surface area (Å²) < 4.78 is 34.7. The summed E-state index contributed by atoms with van der Waals surface area (Å²) in [6.07, 6.45) is 5.53. The summed E-state index contributed by atoms with van der Waals surface area (Å²) in [5.41, 5.74) is 2.28. The molecule has 0 aliphatic heterocycles. The van der Waals surface area contributed by atoms with Gasteiger partial charge in [0.05, 0.1) is 15.1 Å². The van der Waals surface area contributed by atoms with E-state index < -0.39 is 23.3 Å². The summed E-state index contributed by atoms with van der Waals surface area (Å²) in [6.45, 7) is 5.72. The highest BCUT2D eigenvalue weighted by molar-refractivity contribution is 7.21. The number of hydrogen-bond acceptors (Lipinski definition) is 5. The van der Waals surface area contributed by atoms with Gasteiger partial charge in [0.25, 0.3) is 5.91 Å². The summed E-state index contributed by atoms with van der Waals surface area (Å²) in [7, 11) is 0. The molecule has 5 rings (SSSR count). The van der Waals surface area contributed by atoms with E-state index in [4.69, 9.17) is 16.3 Å². The van der Waals surface area contributed by atoms with Crippen molar-refractivity contribution in [2.24, 2.45) is 0 Å². The summed E-state index contributed by atoms with van der Waals surface area (Å²) in [5, 5.41) is 2.79. The second-order valence-corrected chi connectivity index (χ2v) is 12.9. The Morgan fingerprint density at radius 1 is 1.02 bits per heavy atom. The van der Waals surface area contributed by atoms with Crippen LogP contribution in [0.15, 0.2) is 60.9 Å². The lowest BCUT2D eigenvalue weighted by Gasteiger charge is -2.37. The Morgan fingerprint density at radius 3 is 2.38 bits per heavy atom. The minimum atomic E-state index is -0.669. The van der Waals surface area contributed by atoms with Gasteiger partial charge in [-0.2, -0.15) is 0 Å². The minimum absolute atomic E-state index is 0.0215. The Bertz CT molecular complexity index is 1600. The molecule has 42 heavy (non-hydrogen) atoms. The molecule has 1 saturated carbocycles. The van der Waals surface area contributed by atoms with Crippen molar-refractivity contribution in [3.8, 4) is 11.1 Å². The molecule has 0 bridgehead atoms. The molecule has 4 aromatic rings. The number of alkyl carbamates (subject to hydrolysis) is 1. The van der Waals surface area contributed by atoms with Gasteiger partial charge in [-0.05, 0) is 93.5 Å². The van der Waals surface area contributed by atoms with E-state index >= 15 is 0 Å². The van der Waals surface area contributed by atoms with E-state index in [0.29, 0.717) is 25.7 Å². The average Bonchev–Trinajstić information content (AvgIpc) is 3.32. The highest BCUT2D eigenvalue weighted by Gasteiger charge is 2.33. The molecule has 2 heterocycles. The monoisotopic (exact) mass is 611 g/mol. The van der Waals surface area contributed by atoms with Gasteiger partial charge in [0, 0.05) is 31.0 Å². The Labute approximate surface area is 252 Å². The van der Waals surface area contributed by atoms with E-state index in [-0.39, 0.29) is 44.5 Å². The van der Waals surface area contributed by atoms with Gasteiger partial charge in [-0.15, -0.1) is 11.3 Å². The molecular weight excluding hydrogens is 580 g/mol. The number of ether oxygens (including phenoxy) is 1. The smallest absolute Gasteiger partial charge is 0.407 e. The first kappa shape index (κ1) is 29.9. The zero-order valence-corrected chi connectivity index (χ0v) is 25.2. The van der Waals surface area contributed by atoms with Crippen LogP contribution in [-0.2, 0) is 11.3 Å². The fraction of sp³-hybridized carbons (Fsp3) is 0.344.